The van der Waals surface area contributed by atoms with E-state index in [0.29, 0.717) is 5.92 Å². The maximum atomic E-state index is 12.1. The van der Waals surface area contributed by atoms with E-state index in [-0.39, 0.29) is 11.8 Å². The number of anilines is 1. The predicted molar refractivity (Wildman–Crippen MR) is 73.0 cm³/mol. The lowest BCUT2D eigenvalue weighted by molar-refractivity contribution is -0.120. The van der Waals surface area contributed by atoms with Gasteiger partial charge in [-0.25, -0.2) is 0 Å². The molecular formula is C13H17BrN2O. The predicted octanol–water partition coefficient (Wildman–Crippen LogP) is 2.55. The van der Waals surface area contributed by atoms with Gasteiger partial charge in [-0.05, 0) is 43.1 Å². The fraction of sp³-hybridized carbons (Fsp3) is 0.462. The van der Waals surface area contributed by atoms with Crippen LogP contribution in [-0.2, 0) is 4.79 Å². The normalized spacial score (nSPS) is 23.7. The molecule has 0 aromatic heterocycles. The molecule has 0 saturated carbocycles. The molecule has 17 heavy (non-hydrogen) atoms. The third-order valence-corrected chi connectivity index (χ3v) is 3.62. The molecule has 0 bridgehead atoms. The van der Waals surface area contributed by atoms with Gasteiger partial charge in [-0.1, -0.05) is 22.9 Å². The van der Waals surface area contributed by atoms with Crippen molar-refractivity contribution >= 4 is 27.5 Å². The van der Waals surface area contributed by atoms with Crippen LogP contribution in [0.1, 0.15) is 12.5 Å². The van der Waals surface area contributed by atoms with E-state index in [9.17, 15) is 4.79 Å². The van der Waals surface area contributed by atoms with Crippen LogP contribution in [0.2, 0.25) is 0 Å². The number of benzene rings is 1. The minimum absolute atomic E-state index is 0.0780. The van der Waals surface area contributed by atoms with Gasteiger partial charge in [0, 0.05) is 16.7 Å². The quantitative estimate of drug-likeness (QED) is 0.881. The highest BCUT2D eigenvalue weighted by Crippen LogP contribution is 2.22. The molecule has 2 rings (SSSR count). The van der Waals surface area contributed by atoms with Crippen LogP contribution in [0.25, 0.3) is 0 Å². The van der Waals surface area contributed by atoms with Crippen LogP contribution in [-0.4, -0.2) is 19.0 Å². The SMILES string of the molecule is Cc1cc(Br)cc(NC(=O)C2CNCC2C)c1. The van der Waals surface area contributed by atoms with Gasteiger partial charge in [0.25, 0.3) is 0 Å². The van der Waals surface area contributed by atoms with E-state index in [2.05, 4.69) is 33.5 Å². The molecular weight excluding hydrogens is 280 g/mol. The summed E-state index contributed by atoms with van der Waals surface area (Å²) in [5, 5.41) is 6.23. The zero-order valence-corrected chi connectivity index (χ0v) is 11.7. The second-order valence-corrected chi connectivity index (χ2v) is 5.66. The van der Waals surface area contributed by atoms with E-state index >= 15 is 0 Å². The Labute approximate surface area is 110 Å². The average molecular weight is 297 g/mol. The van der Waals surface area contributed by atoms with Crippen molar-refractivity contribution in [1.29, 1.82) is 0 Å². The van der Waals surface area contributed by atoms with E-state index in [1.54, 1.807) is 0 Å². The molecule has 4 heteroatoms. The van der Waals surface area contributed by atoms with Gasteiger partial charge >= 0.3 is 0 Å². The highest BCUT2D eigenvalue weighted by molar-refractivity contribution is 9.10. The topological polar surface area (TPSA) is 41.1 Å². The summed E-state index contributed by atoms with van der Waals surface area (Å²) in [6.45, 7) is 5.83. The largest absolute Gasteiger partial charge is 0.326 e. The van der Waals surface area contributed by atoms with E-state index in [4.69, 9.17) is 0 Å². The van der Waals surface area contributed by atoms with Crippen molar-refractivity contribution in [3.05, 3.63) is 28.2 Å². The van der Waals surface area contributed by atoms with Gasteiger partial charge in [0.05, 0.1) is 5.92 Å². The molecule has 0 aliphatic carbocycles. The third kappa shape index (κ3) is 3.07. The third-order valence-electron chi connectivity index (χ3n) is 3.16. The van der Waals surface area contributed by atoms with Crippen LogP contribution in [0.5, 0.6) is 0 Å². The molecule has 92 valence electrons. The number of nitrogens with one attached hydrogen (secondary N) is 2. The van der Waals surface area contributed by atoms with Gasteiger partial charge in [-0.2, -0.15) is 0 Å². The molecule has 2 N–H and O–H groups in total. The van der Waals surface area contributed by atoms with Crippen LogP contribution < -0.4 is 10.6 Å². The molecule has 1 fully saturated rings. The average Bonchev–Trinajstić information content (AvgIpc) is 2.62. The summed E-state index contributed by atoms with van der Waals surface area (Å²) < 4.78 is 0.991. The lowest BCUT2D eigenvalue weighted by Crippen LogP contribution is -2.27. The van der Waals surface area contributed by atoms with Gasteiger partial charge in [-0.3, -0.25) is 4.79 Å². The summed E-state index contributed by atoms with van der Waals surface area (Å²) in [5.74, 6) is 0.595. The van der Waals surface area contributed by atoms with Gasteiger partial charge in [0.2, 0.25) is 5.91 Å². The Balaban J connectivity index is 2.07. The minimum atomic E-state index is 0.0780. The van der Waals surface area contributed by atoms with Crippen molar-refractivity contribution in [3.63, 3.8) is 0 Å². The summed E-state index contributed by atoms with van der Waals surface area (Å²) in [5.41, 5.74) is 1.99. The number of carbonyl (C=O) groups excluding carboxylic acids is 1. The smallest absolute Gasteiger partial charge is 0.229 e. The molecule has 1 saturated heterocycles. The molecule has 1 amide bonds. The Morgan fingerprint density at radius 1 is 1.41 bits per heavy atom. The van der Waals surface area contributed by atoms with E-state index < -0.39 is 0 Å². The molecule has 1 heterocycles. The molecule has 3 nitrogen and oxygen atoms in total. The van der Waals surface area contributed by atoms with Crippen LogP contribution in [0.3, 0.4) is 0 Å². The maximum Gasteiger partial charge on any atom is 0.229 e. The summed E-state index contributed by atoms with van der Waals surface area (Å²) in [6, 6.07) is 5.93. The zero-order valence-electron chi connectivity index (χ0n) is 10.1. The van der Waals surface area contributed by atoms with E-state index in [1.165, 1.54) is 0 Å². The number of aryl methyl sites for hydroxylation is 1. The van der Waals surface area contributed by atoms with Crippen LogP contribution >= 0.6 is 15.9 Å². The lowest BCUT2D eigenvalue weighted by Gasteiger charge is -2.14. The highest BCUT2D eigenvalue weighted by Gasteiger charge is 2.29. The van der Waals surface area contributed by atoms with Crippen molar-refractivity contribution < 1.29 is 4.79 Å². The molecule has 2 atom stereocenters. The summed E-state index contributed by atoms with van der Waals surface area (Å²) in [4.78, 5) is 12.1. The van der Waals surface area contributed by atoms with Gasteiger partial charge in [0.1, 0.15) is 0 Å². The molecule has 1 aromatic carbocycles. The second kappa shape index (κ2) is 5.19. The molecule has 0 radical (unpaired) electrons. The molecule has 2 unspecified atom stereocenters. The fourth-order valence-corrected chi connectivity index (χ4v) is 2.81. The van der Waals surface area contributed by atoms with E-state index in [1.807, 2.05) is 25.1 Å². The van der Waals surface area contributed by atoms with Crippen LogP contribution in [0.15, 0.2) is 22.7 Å². The molecule has 0 spiro atoms. The Morgan fingerprint density at radius 3 is 2.76 bits per heavy atom. The Kier molecular flexibility index (Phi) is 3.84. The number of hydrogen-bond donors (Lipinski definition) is 2. The highest BCUT2D eigenvalue weighted by atomic mass is 79.9. The van der Waals surface area contributed by atoms with Crippen molar-refractivity contribution in [2.75, 3.05) is 18.4 Å². The number of rotatable bonds is 2. The van der Waals surface area contributed by atoms with Crippen molar-refractivity contribution in [1.82, 2.24) is 5.32 Å². The summed E-state index contributed by atoms with van der Waals surface area (Å²) in [6.07, 6.45) is 0. The Morgan fingerprint density at radius 2 is 2.18 bits per heavy atom. The summed E-state index contributed by atoms with van der Waals surface area (Å²) >= 11 is 3.43. The first-order valence-electron chi connectivity index (χ1n) is 5.85. The molecule has 1 aliphatic heterocycles. The van der Waals surface area contributed by atoms with Crippen molar-refractivity contribution in [3.8, 4) is 0 Å². The lowest BCUT2D eigenvalue weighted by atomic mass is 9.97. The van der Waals surface area contributed by atoms with Crippen molar-refractivity contribution in [2.45, 2.75) is 13.8 Å². The summed E-state index contributed by atoms with van der Waals surface area (Å²) in [7, 11) is 0. The van der Waals surface area contributed by atoms with Crippen molar-refractivity contribution in [2.24, 2.45) is 11.8 Å². The fourth-order valence-electron chi connectivity index (χ4n) is 2.20. The molecule has 1 aromatic rings. The minimum Gasteiger partial charge on any atom is -0.326 e. The molecule has 1 aliphatic rings. The Bertz CT molecular complexity index is 413. The zero-order chi connectivity index (χ0) is 12.4. The second-order valence-electron chi connectivity index (χ2n) is 4.75. The number of halogens is 1. The van der Waals surface area contributed by atoms with Crippen LogP contribution in [0.4, 0.5) is 5.69 Å². The number of amides is 1. The van der Waals surface area contributed by atoms with Gasteiger partial charge in [0.15, 0.2) is 0 Å². The number of carbonyl (C=O) groups is 1. The van der Waals surface area contributed by atoms with Gasteiger partial charge < -0.3 is 10.6 Å². The Hall–Kier alpha value is -0.870. The first kappa shape index (κ1) is 12.6. The standard InChI is InChI=1S/C13H17BrN2O/c1-8-3-10(14)5-11(4-8)16-13(17)12-7-15-6-9(12)2/h3-5,9,12,15H,6-7H2,1-2H3,(H,16,17). The van der Waals surface area contributed by atoms with Gasteiger partial charge in [-0.15, -0.1) is 0 Å². The number of hydrogen-bond acceptors (Lipinski definition) is 2. The first-order chi connectivity index (χ1) is 8.06. The van der Waals surface area contributed by atoms with Crippen LogP contribution in [0, 0.1) is 18.8 Å². The van der Waals surface area contributed by atoms with E-state index in [0.717, 1.165) is 28.8 Å². The maximum absolute atomic E-state index is 12.1. The monoisotopic (exact) mass is 296 g/mol. The first-order valence-corrected chi connectivity index (χ1v) is 6.64.